The lowest BCUT2D eigenvalue weighted by Gasteiger charge is -2.50. The third-order valence-corrected chi connectivity index (χ3v) is 16.6. The maximum absolute atomic E-state index is 15.4. The van der Waals surface area contributed by atoms with Crippen LogP contribution in [0.15, 0.2) is 64.4 Å². The number of rotatable bonds is 5. The van der Waals surface area contributed by atoms with Gasteiger partial charge in [0.05, 0.1) is 58.9 Å². The van der Waals surface area contributed by atoms with Gasteiger partial charge in [-0.1, -0.05) is 71.9 Å². The highest BCUT2D eigenvalue weighted by Gasteiger charge is 2.67. The first kappa shape index (κ1) is 32.4. The number of methoxy groups -OCH3 is 3. The predicted octanol–water partition coefficient (Wildman–Crippen LogP) is 8.11. The number of carbonyl (C=O) groups is 2. The second-order valence-electron chi connectivity index (χ2n) is 14.7. The van der Waals surface area contributed by atoms with E-state index < -0.39 is 40.6 Å². The van der Waals surface area contributed by atoms with Crippen LogP contribution in [0.25, 0.3) is 10.8 Å². The smallest absolute Gasteiger partial charge is 0.471 e. The van der Waals surface area contributed by atoms with Crippen molar-refractivity contribution in [3.8, 4) is 28.7 Å². The first-order valence-electron chi connectivity index (χ1n) is 16.1. The fourth-order valence-corrected chi connectivity index (χ4v) is 14.2. The van der Waals surface area contributed by atoms with Crippen LogP contribution in [0.3, 0.4) is 0 Å². The summed E-state index contributed by atoms with van der Waals surface area (Å²) in [6, 6.07) is 16.3. The minimum Gasteiger partial charge on any atom is -0.510 e. The zero-order valence-corrected chi connectivity index (χ0v) is 30.6. The summed E-state index contributed by atoms with van der Waals surface area (Å²) in [6.45, 7) is 12.5. The third kappa shape index (κ3) is 4.02. The third-order valence-electron chi connectivity index (χ3n) is 10.2. The van der Waals surface area contributed by atoms with Gasteiger partial charge in [-0.15, -0.1) is 0 Å². The molecule has 0 saturated heterocycles. The summed E-state index contributed by atoms with van der Waals surface area (Å²) in [5.74, 6) is 1.04. The molecule has 1 spiro atoms. The molecule has 0 fully saturated rings. The highest BCUT2D eigenvalue weighted by atomic mass is 32.2. The Morgan fingerprint density at radius 1 is 0.771 bits per heavy atom. The van der Waals surface area contributed by atoms with Crippen molar-refractivity contribution in [2.24, 2.45) is 0 Å². The van der Waals surface area contributed by atoms with E-state index in [0.717, 1.165) is 5.56 Å². The SMILES string of the molecule is COc1cccc2c1[C@@]1(CC2)C(=O)c2c(c(S(=O)c3ccccc3)c3c(OC)c(OC)cc4c3c2O[Si](C(C)(C)C)(C(C)(C)C)O4)C1=O. The molecule has 48 heavy (non-hydrogen) atoms. The molecule has 0 N–H and O–H groups in total. The number of Topliss-reactive ketones (excluding diaryl/α,β-unsaturated/α-hetero) is 2. The topological polar surface area (TPSA) is 97.4 Å². The molecule has 0 aromatic heterocycles. The van der Waals surface area contributed by atoms with Gasteiger partial charge < -0.3 is 23.1 Å². The van der Waals surface area contributed by atoms with Gasteiger partial charge in [-0.3, -0.25) is 9.59 Å². The van der Waals surface area contributed by atoms with E-state index in [-0.39, 0.29) is 39.7 Å². The zero-order chi connectivity index (χ0) is 34.6. The number of aryl methyl sites for hydroxylation is 1. The average molecular weight is 685 g/mol. The summed E-state index contributed by atoms with van der Waals surface area (Å²) in [4.78, 5) is 31.4. The molecule has 4 aromatic carbocycles. The summed E-state index contributed by atoms with van der Waals surface area (Å²) in [5.41, 5.74) is 0.116. The molecule has 250 valence electrons. The quantitative estimate of drug-likeness (QED) is 0.154. The lowest BCUT2D eigenvalue weighted by molar-refractivity contribution is 0.0790. The van der Waals surface area contributed by atoms with E-state index >= 15 is 9.59 Å². The molecule has 1 aliphatic heterocycles. The molecule has 3 aliphatic rings. The van der Waals surface area contributed by atoms with Crippen molar-refractivity contribution in [1.82, 2.24) is 0 Å². The second-order valence-corrected chi connectivity index (χ2v) is 20.8. The van der Waals surface area contributed by atoms with Crippen molar-refractivity contribution in [1.29, 1.82) is 0 Å². The Balaban J connectivity index is 1.70. The molecule has 4 aromatic rings. The largest absolute Gasteiger partial charge is 0.510 e. The molecule has 0 bridgehead atoms. The second kappa shape index (κ2) is 10.7. The van der Waals surface area contributed by atoms with Crippen LogP contribution in [0.5, 0.6) is 28.7 Å². The van der Waals surface area contributed by atoms with Gasteiger partial charge in [0, 0.05) is 26.6 Å². The van der Waals surface area contributed by atoms with Gasteiger partial charge in [-0.2, -0.15) is 0 Å². The van der Waals surface area contributed by atoms with Crippen LogP contribution in [0, 0.1) is 0 Å². The van der Waals surface area contributed by atoms with Gasteiger partial charge in [0.1, 0.15) is 22.7 Å². The van der Waals surface area contributed by atoms with Crippen LogP contribution in [-0.4, -0.2) is 45.7 Å². The molecular weight excluding hydrogens is 645 g/mol. The fourth-order valence-electron chi connectivity index (χ4n) is 8.28. The molecular formula is C38H40O8SSi. The minimum atomic E-state index is -3.38. The van der Waals surface area contributed by atoms with Crippen LogP contribution in [0.1, 0.15) is 79.8 Å². The van der Waals surface area contributed by atoms with E-state index in [1.54, 1.807) is 43.5 Å². The van der Waals surface area contributed by atoms with Gasteiger partial charge in [0.15, 0.2) is 23.1 Å². The maximum Gasteiger partial charge on any atom is 0.471 e. The molecule has 0 amide bonds. The van der Waals surface area contributed by atoms with Crippen LogP contribution < -0.4 is 23.1 Å². The van der Waals surface area contributed by atoms with Gasteiger partial charge in [-0.05, 0) is 36.6 Å². The number of fused-ring (bicyclic) bond motifs is 4. The summed E-state index contributed by atoms with van der Waals surface area (Å²) >= 11 is 0. The predicted molar refractivity (Wildman–Crippen MR) is 186 cm³/mol. The van der Waals surface area contributed by atoms with Crippen LogP contribution >= 0.6 is 0 Å². The number of benzene rings is 4. The number of hydrogen-bond acceptors (Lipinski definition) is 8. The Morgan fingerprint density at radius 2 is 1.42 bits per heavy atom. The Bertz CT molecular complexity index is 2060. The summed E-state index contributed by atoms with van der Waals surface area (Å²) in [6.07, 6.45) is 0.770. The molecule has 2 atom stereocenters. The molecule has 1 heterocycles. The number of carbonyl (C=O) groups excluding carboxylic acids is 2. The van der Waals surface area contributed by atoms with E-state index in [4.69, 9.17) is 23.1 Å². The highest BCUT2D eigenvalue weighted by Crippen LogP contribution is 2.63. The fraction of sp³-hybridized carbons (Fsp3) is 0.368. The van der Waals surface area contributed by atoms with E-state index in [2.05, 4.69) is 41.5 Å². The lowest BCUT2D eigenvalue weighted by Crippen LogP contribution is -2.63. The molecule has 10 heteroatoms. The van der Waals surface area contributed by atoms with Crippen LogP contribution in [0.2, 0.25) is 10.1 Å². The van der Waals surface area contributed by atoms with E-state index in [0.29, 0.717) is 44.9 Å². The lowest BCUT2D eigenvalue weighted by atomic mass is 9.76. The first-order chi connectivity index (χ1) is 22.7. The minimum absolute atomic E-state index is 0.0913. The maximum atomic E-state index is 15.4. The standard InChI is InChI=1S/C38H40O8SSi/c1-36(2,3)48(37(4,5)6)45-24-20-25(43-8)31(44-9)27-26(24)32(46-48)28-29(33(27)47(41)22-15-11-10-12-16-22)35(40)38(34(28)39)19-18-21-14-13-17-23(42-7)30(21)38/h10-17,20H,18-19H2,1-9H3/t38-,47?/m0/s1. The number of ketones is 2. The van der Waals surface area contributed by atoms with Crippen molar-refractivity contribution in [2.45, 2.75) is 79.7 Å². The van der Waals surface area contributed by atoms with Gasteiger partial charge in [-0.25, -0.2) is 4.21 Å². The zero-order valence-electron chi connectivity index (χ0n) is 28.8. The van der Waals surface area contributed by atoms with Gasteiger partial charge in [0.2, 0.25) is 0 Å². The van der Waals surface area contributed by atoms with Crippen molar-refractivity contribution in [3.63, 3.8) is 0 Å². The number of hydrogen-bond donors (Lipinski definition) is 0. The Labute approximate surface area is 284 Å². The van der Waals surface area contributed by atoms with Gasteiger partial charge >= 0.3 is 8.56 Å². The summed E-state index contributed by atoms with van der Waals surface area (Å²) in [7, 11) is -0.733. The van der Waals surface area contributed by atoms with Crippen molar-refractivity contribution >= 4 is 41.7 Å². The molecule has 0 saturated carbocycles. The van der Waals surface area contributed by atoms with Crippen molar-refractivity contribution < 1.29 is 36.9 Å². The van der Waals surface area contributed by atoms with Crippen LogP contribution in [-0.2, 0) is 22.6 Å². The Morgan fingerprint density at radius 3 is 2.02 bits per heavy atom. The normalized spacial score (nSPS) is 19.9. The average Bonchev–Trinajstić information content (AvgIpc) is 3.56. The molecule has 8 nitrogen and oxygen atoms in total. The molecule has 7 rings (SSSR count). The van der Waals surface area contributed by atoms with Crippen molar-refractivity contribution in [3.05, 3.63) is 76.9 Å². The van der Waals surface area contributed by atoms with Crippen LogP contribution in [0.4, 0.5) is 0 Å². The van der Waals surface area contributed by atoms with E-state index in [9.17, 15) is 4.21 Å². The Kier molecular flexibility index (Phi) is 7.20. The van der Waals surface area contributed by atoms with E-state index in [1.165, 1.54) is 14.2 Å². The van der Waals surface area contributed by atoms with E-state index in [1.807, 2.05) is 18.2 Å². The van der Waals surface area contributed by atoms with Gasteiger partial charge in [0.25, 0.3) is 0 Å². The monoisotopic (exact) mass is 684 g/mol. The van der Waals surface area contributed by atoms with Crippen molar-refractivity contribution in [2.75, 3.05) is 21.3 Å². The summed E-state index contributed by atoms with van der Waals surface area (Å²) < 4.78 is 47.0. The first-order valence-corrected chi connectivity index (χ1v) is 19.0. The molecule has 2 aliphatic carbocycles. The summed E-state index contributed by atoms with van der Waals surface area (Å²) in [5, 5.41) is -0.177. The Hall–Kier alpha value is -4.15. The molecule has 0 radical (unpaired) electrons. The molecule has 1 unspecified atom stereocenters. The number of ether oxygens (including phenoxy) is 3. The highest BCUT2D eigenvalue weighted by molar-refractivity contribution is 7.85.